The first-order valence-electron chi connectivity index (χ1n) is 16.1. The van der Waals surface area contributed by atoms with E-state index in [-0.39, 0.29) is 59.2 Å². The standard InChI is InChI=1S/C34H34BrN7O7/c1-39-14-20(12-21(15-39)37-24-13-36-40(2)34(48)29(24)35)18-6-8-19(9-7-18)31(45)41-16-22(17-41)49-26-5-3-4-23-28(26)33(47)42(32(23)46)25-10-11-27(43)38-30(25)44/h3-9,13,20-22,25,37H,10-12,14-17H2,1-2H3,(H,38,43,44). The Balaban J connectivity index is 0.961. The fourth-order valence-electron chi connectivity index (χ4n) is 7.02. The second kappa shape index (κ2) is 12.9. The monoisotopic (exact) mass is 731 g/mol. The molecule has 3 fully saturated rings. The van der Waals surface area contributed by atoms with E-state index in [9.17, 15) is 28.8 Å². The molecule has 3 aromatic rings. The Labute approximate surface area is 289 Å². The third kappa shape index (κ3) is 6.12. The molecule has 7 rings (SSSR count). The number of anilines is 1. The predicted octanol–water partition coefficient (Wildman–Crippen LogP) is 1.75. The smallest absolute Gasteiger partial charge is 0.282 e. The molecular formula is C34H34BrN7O7. The number of fused-ring (bicyclic) bond motifs is 1. The quantitative estimate of drug-likeness (QED) is 0.343. The topological polar surface area (TPSA) is 163 Å². The van der Waals surface area contributed by atoms with Crippen LogP contribution in [-0.2, 0) is 16.6 Å². The molecule has 0 spiro atoms. The molecule has 49 heavy (non-hydrogen) atoms. The summed E-state index contributed by atoms with van der Waals surface area (Å²) in [6.07, 6.45) is 2.20. The van der Waals surface area contributed by atoms with Crippen molar-refractivity contribution < 1.29 is 28.7 Å². The Hall–Kier alpha value is -4.89. The van der Waals surface area contributed by atoms with Crippen LogP contribution in [0.15, 0.2) is 57.9 Å². The Morgan fingerprint density at radius 2 is 1.73 bits per heavy atom. The van der Waals surface area contributed by atoms with Gasteiger partial charge in [-0.15, -0.1) is 0 Å². The number of aromatic nitrogens is 2. The number of hydrogen-bond acceptors (Lipinski definition) is 10. The van der Waals surface area contributed by atoms with Crippen LogP contribution in [0.3, 0.4) is 0 Å². The number of hydrogen-bond donors (Lipinski definition) is 2. The van der Waals surface area contributed by atoms with Gasteiger partial charge in [0.25, 0.3) is 23.3 Å². The fourth-order valence-corrected chi connectivity index (χ4v) is 7.49. The number of halogens is 1. The number of nitrogens with one attached hydrogen (secondary N) is 2. The molecule has 3 saturated heterocycles. The number of benzene rings is 2. The van der Waals surface area contributed by atoms with Gasteiger partial charge in [0.05, 0.1) is 36.1 Å². The van der Waals surface area contributed by atoms with E-state index >= 15 is 0 Å². The summed E-state index contributed by atoms with van der Waals surface area (Å²) in [6, 6.07) is 11.4. The lowest BCUT2D eigenvalue weighted by atomic mass is 9.87. The number of carbonyl (C=O) groups excluding carboxylic acids is 5. The van der Waals surface area contributed by atoms with Crippen molar-refractivity contribution in [3.63, 3.8) is 0 Å². The second-order valence-corrected chi connectivity index (χ2v) is 13.8. The van der Waals surface area contributed by atoms with Crippen LogP contribution in [-0.4, -0.2) is 105 Å². The Bertz CT molecular complexity index is 1940. The number of rotatable bonds is 7. The molecule has 0 bridgehead atoms. The summed E-state index contributed by atoms with van der Waals surface area (Å²) < 4.78 is 7.83. The molecule has 14 nitrogen and oxygen atoms in total. The van der Waals surface area contributed by atoms with Crippen molar-refractivity contribution in [2.75, 3.05) is 38.5 Å². The van der Waals surface area contributed by atoms with Gasteiger partial charge in [0, 0.05) is 38.2 Å². The highest BCUT2D eigenvalue weighted by Gasteiger charge is 2.46. The van der Waals surface area contributed by atoms with Crippen molar-refractivity contribution >= 4 is 51.2 Å². The second-order valence-electron chi connectivity index (χ2n) is 13.0. The van der Waals surface area contributed by atoms with Crippen LogP contribution in [0.25, 0.3) is 0 Å². The largest absolute Gasteiger partial charge is 0.486 e. The van der Waals surface area contributed by atoms with E-state index < -0.39 is 29.7 Å². The van der Waals surface area contributed by atoms with Gasteiger partial charge in [0.2, 0.25) is 11.8 Å². The summed E-state index contributed by atoms with van der Waals surface area (Å²) in [7, 11) is 3.66. The fraction of sp³-hybridized carbons (Fsp3) is 0.382. The SMILES string of the molecule is CN1CC(Nc2cnn(C)c(=O)c2Br)CC(c2ccc(C(=O)N3CC(Oc4cccc5c4C(=O)N(C4CCC(=O)NC4=O)C5=O)C3)cc2)C1. The van der Waals surface area contributed by atoms with E-state index in [4.69, 9.17) is 4.74 Å². The number of aryl methyl sites for hydroxylation is 1. The molecule has 5 heterocycles. The Morgan fingerprint density at radius 1 is 0.980 bits per heavy atom. The predicted molar refractivity (Wildman–Crippen MR) is 179 cm³/mol. The molecule has 254 valence electrons. The lowest BCUT2D eigenvalue weighted by molar-refractivity contribution is -0.136. The van der Waals surface area contributed by atoms with Gasteiger partial charge in [-0.25, -0.2) is 4.68 Å². The van der Waals surface area contributed by atoms with Gasteiger partial charge in [0.15, 0.2) is 0 Å². The number of piperidine rings is 2. The number of amides is 5. The number of ether oxygens (including phenoxy) is 1. The molecule has 5 amide bonds. The van der Waals surface area contributed by atoms with Crippen LogP contribution < -0.4 is 20.9 Å². The summed E-state index contributed by atoms with van der Waals surface area (Å²) in [5, 5.41) is 9.79. The molecule has 0 saturated carbocycles. The number of nitrogens with zero attached hydrogens (tertiary/aromatic N) is 5. The van der Waals surface area contributed by atoms with E-state index in [2.05, 4.69) is 43.6 Å². The van der Waals surface area contributed by atoms with E-state index in [0.29, 0.717) is 28.8 Å². The van der Waals surface area contributed by atoms with Crippen molar-refractivity contribution in [3.8, 4) is 5.75 Å². The Kier molecular flexibility index (Phi) is 8.57. The van der Waals surface area contributed by atoms with Crippen molar-refractivity contribution in [1.29, 1.82) is 0 Å². The van der Waals surface area contributed by atoms with Gasteiger partial charge in [-0.05, 0) is 71.6 Å². The van der Waals surface area contributed by atoms with Gasteiger partial charge < -0.3 is 19.9 Å². The number of imide groups is 2. The van der Waals surface area contributed by atoms with Crippen molar-refractivity contribution in [3.05, 3.63) is 85.7 Å². The van der Waals surface area contributed by atoms with Crippen LogP contribution >= 0.6 is 15.9 Å². The summed E-state index contributed by atoms with van der Waals surface area (Å²) in [6.45, 7) is 2.27. The molecule has 2 N–H and O–H groups in total. The van der Waals surface area contributed by atoms with E-state index in [1.54, 1.807) is 30.3 Å². The van der Waals surface area contributed by atoms with E-state index in [1.807, 2.05) is 24.3 Å². The number of likely N-dealkylation sites (tertiary alicyclic amines) is 2. The van der Waals surface area contributed by atoms with Crippen LogP contribution in [0.5, 0.6) is 5.75 Å². The maximum atomic E-state index is 13.4. The first kappa shape index (κ1) is 32.6. The minimum atomic E-state index is -1.07. The molecule has 0 aliphatic carbocycles. The average molecular weight is 733 g/mol. The van der Waals surface area contributed by atoms with Crippen molar-refractivity contribution in [2.24, 2.45) is 7.05 Å². The molecular weight excluding hydrogens is 698 g/mol. The van der Waals surface area contributed by atoms with Crippen molar-refractivity contribution in [2.45, 2.75) is 43.4 Å². The van der Waals surface area contributed by atoms with E-state index in [1.165, 1.54) is 10.7 Å². The first-order valence-corrected chi connectivity index (χ1v) is 16.8. The van der Waals surface area contributed by atoms with Crippen LogP contribution in [0.1, 0.15) is 61.8 Å². The minimum Gasteiger partial charge on any atom is -0.486 e. The molecule has 3 atom stereocenters. The maximum Gasteiger partial charge on any atom is 0.282 e. The maximum absolute atomic E-state index is 13.4. The molecule has 3 unspecified atom stereocenters. The molecule has 4 aliphatic heterocycles. The first-order chi connectivity index (χ1) is 23.5. The molecule has 15 heteroatoms. The normalized spacial score (nSPS) is 22.9. The number of likely N-dealkylation sites (N-methyl/N-ethyl adjacent to an activating group) is 1. The van der Waals surface area contributed by atoms with Gasteiger partial charge in [-0.3, -0.25) is 39.0 Å². The zero-order valence-electron chi connectivity index (χ0n) is 26.8. The lowest BCUT2D eigenvalue weighted by Gasteiger charge is -2.39. The van der Waals surface area contributed by atoms with Gasteiger partial charge in [0.1, 0.15) is 22.4 Å². The zero-order chi connectivity index (χ0) is 34.6. The summed E-state index contributed by atoms with van der Waals surface area (Å²) >= 11 is 3.39. The third-order valence-electron chi connectivity index (χ3n) is 9.56. The molecule has 1 aromatic heterocycles. The third-order valence-corrected chi connectivity index (χ3v) is 10.3. The van der Waals surface area contributed by atoms with Gasteiger partial charge >= 0.3 is 0 Å². The summed E-state index contributed by atoms with van der Waals surface area (Å²) in [5.41, 5.74) is 2.34. The average Bonchev–Trinajstić information content (AvgIpc) is 3.32. The highest BCUT2D eigenvalue weighted by molar-refractivity contribution is 9.10. The van der Waals surface area contributed by atoms with E-state index in [0.717, 1.165) is 30.0 Å². The van der Waals surface area contributed by atoms with Crippen LogP contribution in [0.2, 0.25) is 0 Å². The zero-order valence-corrected chi connectivity index (χ0v) is 28.4. The van der Waals surface area contributed by atoms with Gasteiger partial charge in [-0.1, -0.05) is 18.2 Å². The Morgan fingerprint density at radius 3 is 2.47 bits per heavy atom. The molecule has 0 radical (unpaired) electrons. The van der Waals surface area contributed by atoms with Crippen LogP contribution in [0.4, 0.5) is 5.69 Å². The van der Waals surface area contributed by atoms with Gasteiger partial charge in [-0.2, -0.15) is 5.10 Å². The highest BCUT2D eigenvalue weighted by atomic mass is 79.9. The lowest BCUT2D eigenvalue weighted by Crippen LogP contribution is -2.56. The number of carbonyl (C=O) groups is 5. The van der Waals surface area contributed by atoms with Crippen molar-refractivity contribution in [1.82, 2.24) is 29.8 Å². The summed E-state index contributed by atoms with van der Waals surface area (Å²) in [4.78, 5) is 80.9. The minimum absolute atomic E-state index is 0.0348. The summed E-state index contributed by atoms with van der Waals surface area (Å²) in [5.74, 6) is -2.06. The highest BCUT2D eigenvalue weighted by Crippen LogP contribution is 2.35. The molecule has 2 aromatic carbocycles. The molecule has 4 aliphatic rings. The van der Waals surface area contributed by atoms with Crippen LogP contribution in [0, 0.1) is 0 Å².